The van der Waals surface area contributed by atoms with Crippen molar-refractivity contribution in [2.45, 2.75) is 0 Å². The smallest absolute Gasteiger partial charge is 0.162 e. The van der Waals surface area contributed by atoms with Gasteiger partial charge in [0.2, 0.25) is 0 Å². The van der Waals surface area contributed by atoms with Crippen LogP contribution in [0.5, 0.6) is 11.5 Å². The fourth-order valence-corrected chi connectivity index (χ4v) is 1.48. The summed E-state index contributed by atoms with van der Waals surface area (Å²) in [6.07, 6.45) is 10.6. The second kappa shape index (κ2) is 6.35. The fraction of sp³-hybridized carbons (Fsp3) is 0.286. The molecule has 0 aliphatic carbocycles. The van der Waals surface area contributed by atoms with Gasteiger partial charge in [-0.3, -0.25) is 0 Å². The number of anilines is 1. The lowest BCUT2D eigenvalue weighted by Gasteiger charge is -2.20. The largest absolute Gasteiger partial charge is 0.493 e. The van der Waals surface area contributed by atoms with Gasteiger partial charge < -0.3 is 14.4 Å². The highest BCUT2D eigenvalue weighted by Gasteiger charge is 2.08. The first kappa shape index (κ1) is 12.8. The summed E-state index contributed by atoms with van der Waals surface area (Å²) >= 11 is 0. The van der Waals surface area contributed by atoms with Crippen LogP contribution in [-0.4, -0.2) is 27.3 Å². The van der Waals surface area contributed by atoms with Gasteiger partial charge in [0.05, 0.1) is 27.3 Å². The van der Waals surface area contributed by atoms with Crippen molar-refractivity contribution in [3.05, 3.63) is 18.2 Å². The van der Waals surface area contributed by atoms with E-state index in [2.05, 4.69) is 11.8 Å². The lowest BCUT2D eigenvalue weighted by Crippen LogP contribution is -2.23. The lowest BCUT2D eigenvalue weighted by molar-refractivity contribution is 0.355. The number of benzene rings is 1. The number of hydrogen-bond acceptors (Lipinski definition) is 3. The van der Waals surface area contributed by atoms with Crippen LogP contribution >= 0.6 is 0 Å². The molecule has 0 unspecified atom stereocenters. The van der Waals surface area contributed by atoms with Crippen LogP contribution < -0.4 is 14.4 Å². The van der Waals surface area contributed by atoms with Crippen LogP contribution in [0.2, 0.25) is 0 Å². The van der Waals surface area contributed by atoms with E-state index in [9.17, 15) is 0 Å². The molecular weight excluding hydrogens is 214 g/mol. The topological polar surface area (TPSA) is 21.7 Å². The van der Waals surface area contributed by atoms with Gasteiger partial charge in [-0.05, 0) is 12.1 Å². The lowest BCUT2D eigenvalue weighted by atomic mass is 10.2. The second-order valence-electron chi connectivity index (χ2n) is 3.30. The van der Waals surface area contributed by atoms with Gasteiger partial charge in [0, 0.05) is 11.8 Å². The first-order valence-corrected chi connectivity index (χ1v) is 5.10. The van der Waals surface area contributed by atoms with Gasteiger partial charge in [-0.1, -0.05) is 11.8 Å². The van der Waals surface area contributed by atoms with Crippen molar-refractivity contribution in [3.63, 3.8) is 0 Å². The number of ether oxygens (including phenoxy) is 2. The molecule has 0 saturated carbocycles. The molecule has 0 saturated heterocycles. The summed E-state index contributed by atoms with van der Waals surface area (Å²) in [4.78, 5) is 1.90. The third kappa shape index (κ3) is 3.09. The summed E-state index contributed by atoms with van der Waals surface area (Å²) in [6.45, 7) is 0.916. The summed E-state index contributed by atoms with van der Waals surface area (Å²) in [5, 5.41) is 0. The normalized spacial score (nSPS) is 8.94. The maximum atomic E-state index is 5.31. The molecule has 0 amide bonds. The third-order valence-corrected chi connectivity index (χ3v) is 2.30. The Morgan fingerprint density at radius 2 is 1.65 bits per heavy atom. The van der Waals surface area contributed by atoms with E-state index in [0.29, 0.717) is 24.6 Å². The Labute approximate surface area is 102 Å². The maximum Gasteiger partial charge on any atom is 0.162 e. The Kier molecular flexibility index (Phi) is 4.78. The van der Waals surface area contributed by atoms with E-state index in [-0.39, 0.29) is 0 Å². The summed E-state index contributed by atoms with van der Waals surface area (Å²) in [5.74, 6) is 6.49. The molecule has 88 valence electrons. The molecule has 0 aliphatic heterocycles. The first-order chi connectivity index (χ1) is 8.26. The van der Waals surface area contributed by atoms with E-state index < -0.39 is 0 Å². The van der Waals surface area contributed by atoms with E-state index in [1.807, 2.05) is 23.1 Å². The van der Waals surface area contributed by atoms with Crippen LogP contribution in [-0.2, 0) is 0 Å². The highest BCUT2D eigenvalue weighted by Crippen LogP contribution is 2.31. The molecule has 0 aliphatic rings. The van der Waals surface area contributed by atoms with Crippen molar-refractivity contribution < 1.29 is 9.47 Å². The van der Waals surface area contributed by atoms with Gasteiger partial charge in [-0.15, -0.1) is 12.8 Å². The van der Waals surface area contributed by atoms with E-state index in [1.165, 1.54) is 0 Å². The second-order valence-corrected chi connectivity index (χ2v) is 3.30. The number of rotatable bonds is 5. The molecule has 0 atom stereocenters. The van der Waals surface area contributed by atoms with E-state index in [4.69, 9.17) is 22.3 Å². The predicted octanol–water partition coefficient (Wildman–Crippen LogP) is 1.78. The Bertz CT molecular complexity index is 438. The van der Waals surface area contributed by atoms with Gasteiger partial charge in [-0.2, -0.15) is 0 Å². The zero-order valence-corrected chi connectivity index (χ0v) is 10.1. The molecule has 0 N–H and O–H groups in total. The molecule has 0 spiro atoms. The van der Waals surface area contributed by atoms with Crippen molar-refractivity contribution in [2.75, 3.05) is 32.2 Å². The maximum absolute atomic E-state index is 5.31. The van der Waals surface area contributed by atoms with E-state index in [0.717, 1.165) is 5.69 Å². The van der Waals surface area contributed by atoms with Crippen LogP contribution in [0.25, 0.3) is 0 Å². The van der Waals surface area contributed by atoms with Crippen molar-refractivity contribution in [3.8, 4) is 36.2 Å². The quantitative estimate of drug-likeness (QED) is 0.718. The summed E-state index contributed by atoms with van der Waals surface area (Å²) in [6, 6.07) is 5.58. The molecule has 1 aromatic rings. The van der Waals surface area contributed by atoms with Crippen molar-refractivity contribution in [1.29, 1.82) is 0 Å². The fourth-order valence-electron chi connectivity index (χ4n) is 1.48. The highest BCUT2D eigenvalue weighted by molar-refractivity contribution is 5.57. The number of hydrogen-bond donors (Lipinski definition) is 0. The van der Waals surface area contributed by atoms with Gasteiger partial charge in [-0.25, -0.2) is 0 Å². The van der Waals surface area contributed by atoms with Crippen molar-refractivity contribution in [2.24, 2.45) is 0 Å². The SMILES string of the molecule is C#CCN(CC#C)c1ccc(OC)c(OC)c1. The van der Waals surface area contributed by atoms with Crippen LogP contribution in [0, 0.1) is 24.7 Å². The molecule has 3 heteroatoms. The number of methoxy groups -OCH3 is 2. The van der Waals surface area contributed by atoms with Crippen LogP contribution in [0.1, 0.15) is 0 Å². The minimum atomic E-state index is 0.458. The Hall–Kier alpha value is -2.26. The third-order valence-electron chi connectivity index (χ3n) is 2.30. The van der Waals surface area contributed by atoms with Gasteiger partial charge in [0.15, 0.2) is 11.5 Å². The molecule has 1 rings (SSSR count). The molecule has 0 heterocycles. The van der Waals surface area contributed by atoms with Crippen molar-refractivity contribution in [1.82, 2.24) is 0 Å². The summed E-state index contributed by atoms with van der Waals surface area (Å²) < 4.78 is 10.4. The minimum Gasteiger partial charge on any atom is -0.493 e. The summed E-state index contributed by atoms with van der Waals surface area (Å²) in [7, 11) is 3.19. The minimum absolute atomic E-state index is 0.458. The molecule has 0 bridgehead atoms. The summed E-state index contributed by atoms with van der Waals surface area (Å²) in [5.41, 5.74) is 0.915. The first-order valence-electron chi connectivity index (χ1n) is 5.10. The molecule has 0 radical (unpaired) electrons. The number of terminal acetylenes is 2. The average molecular weight is 229 g/mol. The zero-order chi connectivity index (χ0) is 12.7. The molecule has 0 fully saturated rings. The standard InChI is InChI=1S/C14H15NO2/c1-5-9-15(10-6-2)12-7-8-13(16-3)14(11-12)17-4/h1-2,7-8,11H,9-10H2,3-4H3. The van der Waals surface area contributed by atoms with E-state index in [1.54, 1.807) is 14.2 Å². The van der Waals surface area contributed by atoms with Crippen LogP contribution in [0.15, 0.2) is 18.2 Å². The molecular formula is C14H15NO2. The van der Waals surface area contributed by atoms with Crippen LogP contribution in [0.3, 0.4) is 0 Å². The molecule has 3 nitrogen and oxygen atoms in total. The molecule has 17 heavy (non-hydrogen) atoms. The molecule has 0 aromatic heterocycles. The zero-order valence-electron chi connectivity index (χ0n) is 10.1. The van der Waals surface area contributed by atoms with Crippen molar-refractivity contribution >= 4 is 5.69 Å². The van der Waals surface area contributed by atoms with E-state index >= 15 is 0 Å². The highest BCUT2D eigenvalue weighted by atomic mass is 16.5. The Morgan fingerprint density at radius 1 is 1.06 bits per heavy atom. The monoisotopic (exact) mass is 229 g/mol. The van der Waals surface area contributed by atoms with Gasteiger partial charge in [0.25, 0.3) is 0 Å². The molecule has 1 aromatic carbocycles. The Morgan fingerprint density at radius 3 is 2.12 bits per heavy atom. The number of nitrogens with zero attached hydrogens (tertiary/aromatic N) is 1. The van der Waals surface area contributed by atoms with Gasteiger partial charge >= 0.3 is 0 Å². The average Bonchev–Trinajstić information content (AvgIpc) is 2.37. The Balaban J connectivity index is 3.05. The predicted molar refractivity (Wildman–Crippen MR) is 69.4 cm³/mol. The van der Waals surface area contributed by atoms with Crippen LogP contribution in [0.4, 0.5) is 5.69 Å². The van der Waals surface area contributed by atoms with Gasteiger partial charge in [0.1, 0.15) is 0 Å².